The topological polar surface area (TPSA) is 100 Å². The molecule has 2 aliphatic rings. The summed E-state index contributed by atoms with van der Waals surface area (Å²) in [5.41, 5.74) is 5.21. The predicted octanol–water partition coefficient (Wildman–Crippen LogP) is 4.23. The van der Waals surface area contributed by atoms with Crippen molar-refractivity contribution >= 4 is 28.6 Å². The van der Waals surface area contributed by atoms with Crippen LogP contribution in [0.4, 0.5) is 16.3 Å². The van der Waals surface area contributed by atoms with Crippen molar-refractivity contribution < 1.29 is 9.53 Å². The first-order chi connectivity index (χ1) is 19.6. The molecule has 0 unspecified atom stereocenters. The van der Waals surface area contributed by atoms with Crippen LogP contribution in [0.15, 0.2) is 54.7 Å². The minimum Gasteiger partial charge on any atom is -0.378 e. The number of hydrogen-bond acceptors (Lipinski definition) is 7. The number of anilines is 2. The van der Waals surface area contributed by atoms with E-state index in [-0.39, 0.29) is 12.1 Å². The number of nitrogens with zero attached hydrogens (tertiary/aromatic N) is 6. The van der Waals surface area contributed by atoms with Gasteiger partial charge in [0.15, 0.2) is 11.5 Å². The molecule has 208 valence electrons. The van der Waals surface area contributed by atoms with Gasteiger partial charge in [-0.05, 0) is 55.2 Å². The van der Waals surface area contributed by atoms with Crippen LogP contribution in [0, 0.1) is 6.92 Å². The molecule has 2 aliphatic heterocycles. The maximum absolute atomic E-state index is 11.7. The Labute approximate surface area is 234 Å². The minimum absolute atomic E-state index is 0.256. The van der Waals surface area contributed by atoms with E-state index < -0.39 is 0 Å². The number of amides is 2. The van der Waals surface area contributed by atoms with Gasteiger partial charge in [-0.25, -0.2) is 19.4 Å². The summed E-state index contributed by atoms with van der Waals surface area (Å²) in [7, 11) is 1.59. The highest BCUT2D eigenvalue weighted by molar-refractivity contribution is 5.90. The Morgan fingerprint density at radius 2 is 1.75 bits per heavy atom. The lowest BCUT2D eigenvalue weighted by molar-refractivity contribution is 0.122. The van der Waals surface area contributed by atoms with Gasteiger partial charge in [-0.1, -0.05) is 24.3 Å². The average molecular weight is 541 g/mol. The van der Waals surface area contributed by atoms with Crippen molar-refractivity contribution in [3.8, 4) is 11.4 Å². The molecular weight excluding hydrogens is 504 g/mol. The standard InChI is InChI=1S/C30H36N8O2/c1-21-5-3-4-6-23(21)20-36-13-11-25(12-14-36)38-29-26(19-32-38)28(37-15-17-40-18-16-37)34-27(35-29)22-7-9-24(10-8-22)33-30(39)31-2/h3-10,19,25H,11-18,20H2,1-2H3,(H2,31,33,39). The molecule has 2 saturated heterocycles. The van der Waals surface area contributed by atoms with Crippen LogP contribution >= 0.6 is 0 Å². The van der Waals surface area contributed by atoms with Gasteiger partial charge in [0, 0.05) is 51.0 Å². The highest BCUT2D eigenvalue weighted by atomic mass is 16.5. The van der Waals surface area contributed by atoms with E-state index in [2.05, 4.69) is 56.3 Å². The first kappa shape index (κ1) is 26.2. The summed E-state index contributed by atoms with van der Waals surface area (Å²) in [5, 5.41) is 11.2. The number of carbonyl (C=O) groups excluding carboxylic acids is 1. The summed E-state index contributed by atoms with van der Waals surface area (Å²) in [6.07, 6.45) is 3.98. The molecule has 4 heterocycles. The van der Waals surface area contributed by atoms with E-state index >= 15 is 0 Å². The molecule has 10 heteroatoms. The Kier molecular flexibility index (Phi) is 7.61. The Bertz CT molecular complexity index is 1470. The first-order valence-electron chi connectivity index (χ1n) is 14.0. The fourth-order valence-electron chi connectivity index (χ4n) is 5.57. The third kappa shape index (κ3) is 5.50. The maximum Gasteiger partial charge on any atom is 0.318 e. The monoisotopic (exact) mass is 540 g/mol. The van der Waals surface area contributed by atoms with Crippen LogP contribution in [-0.2, 0) is 11.3 Å². The molecule has 0 spiro atoms. The van der Waals surface area contributed by atoms with Crippen LogP contribution in [0.5, 0.6) is 0 Å². The molecular formula is C30H36N8O2. The van der Waals surface area contributed by atoms with E-state index in [0.29, 0.717) is 24.7 Å². The van der Waals surface area contributed by atoms with Gasteiger partial charge >= 0.3 is 6.03 Å². The fraction of sp³-hybridized carbons (Fsp3) is 0.400. The van der Waals surface area contributed by atoms with Gasteiger partial charge in [0.05, 0.1) is 30.8 Å². The number of likely N-dealkylation sites (tertiary alicyclic amines) is 1. The Morgan fingerprint density at radius 1 is 1.00 bits per heavy atom. The van der Waals surface area contributed by atoms with E-state index in [1.54, 1.807) is 7.05 Å². The van der Waals surface area contributed by atoms with Gasteiger partial charge < -0.3 is 20.3 Å². The SMILES string of the molecule is CNC(=O)Nc1ccc(-c2nc(N3CCOCC3)c3cnn(C4CCN(Cc5ccccc5C)CC4)c3n2)cc1. The number of carbonyl (C=O) groups is 1. The van der Waals surface area contributed by atoms with Crippen molar-refractivity contribution in [2.24, 2.45) is 0 Å². The molecule has 0 radical (unpaired) electrons. The molecule has 0 bridgehead atoms. The average Bonchev–Trinajstić information content (AvgIpc) is 3.43. The number of fused-ring (bicyclic) bond motifs is 1. The number of aryl methyl sites for hydroxylation is 1. The zero-order chi connectivity index (χ0) is 27.5. The number of aromatic nitrogens is 4. The van der Waals surface area contributed by atoms with Crippen molar-refractivity contribution in [3.63, 3.8) is 0 Å². The van der Waals surface area contributed by atoms with E-state index in [4.69, 9.17) is 19.8 Å². The third-order valence-corrected chi connectivity index (χ3v) is 7.93. The number of benzene rings is 2. The second-order valence-electron chi connectivity index (χ2n) is 10.5. The summed E-state index contributed by atoms with van der Waals surface area (Å²) in [6, 6.07) is 16.3. The van der Waals surface area contributed by atoms with Crippen LogP contribution in [-0.4, -0.2) is 77.1 Å². The summed E-state index contributed by atoms with van der Waals surface area (Å²) in [4.78, 5) is 26.6. The fourth-order valence-corrected chi connectivity index (χ4v) is 5.57. The molecule has 2 amide bonds. The van der Waals surface area contributed by atoms with E-state index in [0.717, 1.165) is 68.0 Å². The Hall–Kier alpha value is -4.02. The molecule has 0 aliphatic carbocycles. The zero-order valence-corrected chi connectivity index (χ0v) is 23.1. The smallest absolute Gasteiger partial charge is 0.318 e. The summed E-state index contributed by atoms with van der Waals surface area (Å²) < 4.78 is 7.73. The molecule has 2 aromatic carbocycles. The van der Waals surface area contributed by atoms with E-state index in [9.17, 15) is 4.79 Å². The Balaban J connectivity index is 1.28. The minimum atomic E-state index is -0.256. The highest BCUT2D eigenvalue weighted by Crippen LogP contribution is 2.32. The molecule has 0 saturated carbocycles. The number of ether oxygens (including phenoxy) is 1. The van der Waals surface area contributed by atoms with Crippen molar-refractivity contribution in [1.82, 2.24) is 30.0 Å². The quantitative estimate of drug-likeness (QED) is 0.378. The molecule has 2 aromatic heterocycles. The van der Waals surface area contributed by atoms with Gasteiger partial charge in [0.25, 0.3) is 0 Å². The van der Waals surface area contributed by atoms with Crippen molar-refractivity contribution in [2.45, 2.75) is 32.4 Å². The predicted molar refractivity (Wildman–Crippen MR) is 157 cm³/mol. The van der Waals surface area contributed by atoms with E-state index in [1.165, 1.54) is 11.1 Å². The normalized spacial score (nSPS) is 16.8. The van der Waals surface area contributed by atoms with Crippen LogP contribution < -0.4 is 15.5 Å². The van der Waals surface area contributed by atoms with Crippen LogP contribution in [0.2, 0.25) is 0 Å². The number of piperidine rings is 1. The van der Waals surface area contributed by atoms with Crippen molar-refractivity contribution in [2.75, 3.05) is 56.7 Å². The first-order valence-corrected chi connectivity index (χ1v) is 14.0. The Morgan fingerprint density at radius 3 is 2.48 bits per heavy atom. The molecule has 2 N–H and O–H groups in total. The number of nitrogens with one attached hydrogen (secondary N) is 2. The molecule has 0 atom stereocenters. The maximum atomic E-state index is 11.7. The molecule has 40 heavy (non-hydrogen) atoms. The molecule has 4 aromatic rings. The number of rotatable bonds is 6. The lowest BCUT2D eigenvalue weighted by Crippen LogP contribution is -2.37. The number of urea groups is 1. The zero-order valence-electron chi connectivity index (χ0n) is 23.1. The highest BCUT2D eigenvalue weighted by Gasteiger charge is 2.26. The second kappa shape index (κ2) is 11.6. The van der Waals surface area contributed by atoms with E-state index in [1.807, 2.05) is 30.5 Å². The van der Waals surface area contributed by atoms with Crippen molar-refractivity contribution in [1.29, 1.82) is 0 Å². The second-order valence-corrected chi connectivity index (χ2v) is 10.5. The summed E-state index contributed by atoms with van der Waals surface area (Å²) >= 11 is 0. The lowest BCUT2D eigenvalue weighted by atomic mass is 10.0. The van der Waals surface area contributed by atoms with Gasteiger partial charge in [-0.3, -0.25) is 4.90 Å². The van der Waals surface area contributed by atoms with Gasteiger partial charge in [-0.15, -0.1) is 0 Å². The van der Waals surface area contributed by atoms with Crippen LogP contribution in [0.3, 0.4) is 0 Å². The van der Waals surface area contributed by atoms with Gasteiger partial charge in [0.2, 0.25) is 0 Å². The van der Waals surface area contributed by atoms with Crippen LogP contribution in [0.25, 0.3) is 22.4 Å². The molecule has 2 fully saturated rings. The molecule has 6 rings (SSSR count). The number of morpholine rings is 1. The van der Waals surface area contributed by atoms with Crippen molar-refractivity contribution in [3.05, 3.63) is 65.9 Å². The van der Waals surface area contributed by atoms with Gasteiger partial charge in [-0.2, -0.15) is 5.10 Å². The largest absolute Gasteiger partial charge is 0.378 e. The lowest BCUT2D eigenvalue weighted by Gasteiger charge is -2.32. The summed E-state index contributed by atoms with van der Waals surface area (Å²) in [5.74, 6) is 1.55. The summed E-state index contributed by atoms with van der Waals surface area (Å²) in [6.45, 7) is 8.13. The number of hydrogen-bond donors (Lipinski definition) is 2. The molecule has 10 nitrogen and oxygen atoms in total. The third-order valence-electron chi connectivity index (χ3n) is 7.93. The van der Waals surface area contributed by atoms with Crippen LogP contribution in [0.1, 0.15) is 30.0 Å². The van der Waals surface area contributed by atoms with Gasteiger partial charge in [0.1, 0.15) is 5.82 Å².